The molecule has 116 valence electrons. The van der Waals surface area contributed by atoms with E-state index in [0.29, 0.717) is 17.9 Å². The summed E-state index contributed by atoms with van der Waals surface area (Å²) >= 11 is 0. The average molecular weight is 297 g/mol. The summed E-state index contributed by atoms with van der Waals surface area (Å²) in [5.74, 6) is -0.667. The Hall–Kier alpha value is -2.15. The monoisotopic (exact) mass is 297 g/mol. The molecule has 0 saturated carbocycles. The van der Waals surface area contributed by atoms with E-state index in [1.807, 2.05) is 0 Å². The van der Waals surface area contributed by atoms with Gasteiger partial charge in [-0.1, -0.05) is 0 Å². The summed E-state index contributed by atoms with van der Waals surface area (Å²) in [5.41, 5.74) is 1.30. The molecule has 0 aliphatic rings. The second-order valence-electron chi connectivity index (χ2n) is 4.58. The van der Waals surface area contributed by atoms with Crippen LogP contribution in [0.15, 0.2) is 12.1 Å². The van der Waals surface area contributed by atoms with Gasteiger partial charge in [0, 0.05) is 18.6 Å². The molecule has 1 aromatic rings. The van der Waals surface area contributed by atoms with Gasteiger partial charge in [0.15, 0.2) is 6.10 Å². The molecule has 7 nitrogen and oxygen atoms in total. The number of rotatable bonds is 8. The van der Waals surface area contributed by atoms with Crippen LogP contribution in [0.4, 0.5) is 5.69 Å². The Morgan fingerprint density at radius 3 is 2.57 bits per heavy atom. The van der Waals surface area contributed by atoms with Gasteiger partial charge in [0.05, 0.1) is 17.6 Å². The maximum atomic E-state index is 10.9. The van der Waals surface area contributed by atoms with Crippen molar-refractivity contribution in [1.29, 1.82) is 0 Å². The Morgan fingerprint density at radius 1 is 1.38 bits per heavy atom. The van der Waals surface area contributed by atoms with Crippen molar-refractivity contribution in [3.63, 3.8) is 0 Å². The minimum Gasteiger partial charge on any atom is -0.493 e. The molecule has 1 rings (SSSR count). The second kappa shape index (κ2) is 7.58. The van der Waals surface area contributed by atoms with Gasteiger partial charge in [-0.25, -0.2) is 4.79 Å². The van der Waals surface area contributed by atoms with Crippen molar-refractivity contribution in [2.45, 2.75) is 33.3 Å². The lowest BCUT2D eigenvalue weighted by Gasteiger charge is -2.14. The fourth-order valence-corrected chi connectivity index (χ4v) is 1.93. The molecule has 0 heterocycles. The molecule has 0 amide bonds. The number of nitrogens with zero attached hydrogens (tertiary/aromatic N) is 1. The van der Waals surface area contributed by atoms with Crippen molar-refractivity contribution < 1.29 is 24.3 Å². The maximum absolute atomic E-state index is 10.9. The highest BCUT2D eigenvalue weighted by atomic mass is 16.6. The third-order valence-corrected chi connectivity index (χ3v) is 2.97. The Balaban J connectivity index is 2.73. The first kappa shape index (κ1) is 16.9. The molecule has 1 unspecified atom stereocenters. The quantitative estimate of drug-likeness (QED) is 0.584. The number of carboxylic acid groups (broad SMARTS) is 1. The SMILES string of the molecule is CCOC(CCOc1cc([N+](=O)[O-])c(C)cc1C)C(=O)O. The van der Waals surface area contributed by atoms with Crippen LogP contribution in [0.1, 0.15) is 24.5 Å². The molecule has 0 aliphatic heterocycles. The molecule has 0 aliphatic carbocycles. The highest BCUT2D eigenvalue weighted by Crippen LogP contribution is 2.28. The predicted molar refractivity (Wildman–Crippen MR) is 75.7 cm³/mol. The van der Waals surface area contributed by atoms with E-state index in [-0.39, 0.29) is 18.7 Å². The number of hydrogen-bond donors (Lipinski definition) is 1. The lowest BCUT2D eigenvalue weighted by Crippen LogP contribution is -2.26. The number of benzene rings is 1. The third-order valence-electron chi connectivity index (χ3n) is 2.97. The molecular weight excluding hydrogens is 278 g/mol. The van der Waals surface area contributed by atoms with E-state index >= 15 is 0 Å². The summed E-state index contributed by atoms with van der Waals surface area (Å²) in [7, 11) is 0. The third kappa shape index (κ3) is 4.71. The van der Waals surface area contributed by atoms with Crippen LogP contribution in [-0.4, -0.2) is 35.3 Å². The summed E-state index contributed by atoms with van der Waals surface area (Å²) < 4.78 is 10.5. The molecule has 7 heteroatoms. The molecule has 0 bridgehead atoms. The van der Waals surface area contributed by atoms with Crippen LogP contribution in [0.25, 0.3) is 0 Å². The first-order chi connectivity index (χ1) is 9.86. The average Bonchev–Trinajstić information content (AvgIpc) is 2.39. The summed E-state index contributed by atoms with van der Waals surface area (Å²) in [4.78, 5) is 21.3. The highest BCUT2D eigenvalue weighted by Gasteiger charge is 2.18. The van der Waals surface area contributed by atoms with Crippen LogP contribution in [-0.2, 0) is 9.53 Å². The topological polar surface area (TPSA) is 98.9 Å². The van der Waals surface area contributed by atoms with E-state index in [9.17, 15) is 14.9 Å². The van der Waals surface area contributed by atoms with Crippen LogP contribution >= 0.6 is 0 Å². The van der Waals surface area contributed by atoms with Crippen LogP contribution in [0.5, 0.6) is 5.75 Å². The first-order valence-corrected chi connectivity index (χ1v) is 6.59. The number of aliphatic carboxylic acids is 1. The van der Waals surface area contributed by atoms with Gasteiger partial charge in [0.2, 0.25) is 0 Å². The van der Waals surface area contributed by atoms with Gasteiger partial charge < -0.3 is 14.6 Å². The Bertz CT molecular complexity index is 528. The fraction of sp³-hybridized carbons (Fsp3) is 0.500. The van der Waals surface area contributed by atoms with Crippen molar-refractivity contribution in [2.75, 3.05) is 13.2 Å². The Morgan fingerprint density at radius 2 is 2.05 bits per heavy atom. The number of carbonyl (C=O) groups is 1. The summed E-state index contributed by atoms with van der Waals surface area (Å²) in [5, 5.41) is 19.8. The van der Waals surface area contributed by atoms with Crippen molar-refractivity contribution in [3.05, 3.63) is 33.4 Å². The number of carboxylic acids is 1. The smallest absolute Gasteiger partial charge is 0.332 e. The minimum atomic E-state index is -1.05. The number of ether oxygens (including phenoxy) is 2. The van der Waals surface area contributed by atoms with E-state index in [1.165, 1.54) is 6.07 Å². The van der Waals surface area contributed by atoms with Crippen molar-refractivity contribution in [3.8, 4) is 5.75 Å². The lowest BCUT2D eigenvalue weighted by atomic mass is 10.1. The van der Waals surface area contributed by atoms with Crippen LogP contribution < -0.4 is 4.74 Å². The van der Waals surface area contributed by atoms with Crippen LogP contribution in [0, 0.1) is 24.0 Å². The number of hydrogen-bond acceptors (Lipinski definition) is 5. The van der Waals surface area contributed by atoms with Crippen molar-refractivity contribution in [1.82, 2.24) is 0 Å². The molecule has 1 N–H and O–H groups in total. The van der Waals surface area contributed by atoms with Crippen molar-refractivity contribution >= 4 is 11.7 Å². The van der Waals surface area contributed by atoms with E-state index in [0.717, 1.165) is 5.56 Å². The van der Waals surface area contributed by atoms with Crippen LogP contribution in [0.2, 0.25) is 0 Å². The number of nitro groups is 1. The number of nitro benzene ring substituents is 1. The molecule has 1 atom stereocenters. The van der Waals surface area contributed by atoms with Crippen molar-refractivity contribution in [2.24, 2.45) is 0 Å². The standard InChI is InChI=1S/C14H19NO6/c1-4-20-12(14(16)17)5-6-21-13-8-11(15(18)19)9(2)7-10(13)3/h7-8,12H,4-6H2,1-3H3,(H,16,17). The van der Waals surface area contributed by atoms with Gasteiger partial charge in [0.25, 0.3) is 5.69 Å². The summed E-state index contributed by atoms with van der Waals surface area (Å²) in [6, 6.07) is 3.03. The van der Waals surface area contributed by atoms with Gasteiger partial charge >= 0.3 is 5.97 Å². The summed E-state index contributed by atoms with van der Waals surface area (Å²) in [6.07, 6.45) is -0.764. The van der Waals surface area contributed by atoms with Gasteiger partial charge in [-0.05, 0) is 32.4 Å². The molecule has 0 aromatic heterocycles. The van der Waals surface area contributed by atoms with E-state index in [4.69, 9.17) is 14.6 Å². The summed E-state index contributed by atoms with van der Waals surface area (Å²) in [6.45, 7) is 5.56. The van der Waals surface area contributed by atoms with E-state index in [2.05, 4.69) is 0 Å². The second-order valence-corrected chi connectivity index (χ2v) is 4.58. The van der Waals surface area contributed by atoms with Gasteiger partial charge in [0.1, 0.15) is 5.75 Å². The van der Waals surface area contributed by atoms with Gasteiger partial charge in [-0.3, -0.25) is 10.1 Å². The highest BCUT2D eigenvalue weighted by molar-refractivity contribution is 5.72. The molecule has 1 aromatic carbocycles. The molecule has 0 spiro atoms. The minimum absolute atomic E-state index is 0.0183. The Labute approximate surface area is 122 Å². The predicted octanol–water partition coefficient (Wildman–Crippen LogP) is 2.47. The zero-order valence-corrected chi connectivity index (χ0v) is 12.3. The van der Waals surface area contributed by atoms with Gasteiger partial charge in [-0.2, -0.15) is 0 Å². The normalized spacial score (nSPS) is 12.0. The van der Waals surface area contributed by atoms with Crippen LogP contribution in [0.3, 0.4) is 0 Å². The molecule has 0 saturated heterocycles. The Kier molecular flexibility index (Phi) is 6.10. The fourth-order valence-electron chi connectivity index (χ4n) is 1.93. The first-order valence-electron chi connectivity index (χ1n) is 6.59. The lowest BCUT2D eigenvalue weighted by molar-refractivity contribution is -0.385. The zero-order valence-electron chi connectivity index (χ0n) is 12.3. The number of aryl methyl sites for hydroxylation is 2. The zero-order chi connectivity index (χ0) is 16.0. The molecule has 21 heavy (non-hydrogen) atoms. The molecule has 0 radical (unpaired) electrons. The maximum Gasteiger partial charge on any atom is 0.332 e. The molecular formula is C14H19NO6. The molecule has 0 fully saturated rings. The van der Waals surface area contributed by atoms with Gasteiger partial charge in [-0.15, -0.1) is 0 Å². The van der Waals surface area contributed by atoms with E-state index in [1.54, 1.807) is 26.8 Å². The van der Waals surface area contributed by atoms with E-state index < -0.39 is 17.0 Å². The largest absolute Gasteiger partial charge is 0.493 e.